The zero-order chi connectivity index (χ0) is 7.82. The number of hydrogen-bond acceptors (Lipinski definition) is 2. The van der Waals surface area contributed by atoms with Crippen molar-refractivity contribution in [2.24, 2.45) is 4.99 Å². The maximum atomic E-state index is 4.96. The molecule has 0 aromatic carbocycles. The maximum absolute atomic E-state index is 4.96. The highest BCUT2D eigenvalue weighted by Crippen LogP contribution is 1.85. The zero-order valence-corrected chi connectivity index (χ0v) is 6.92. The highest BCUT2D eigenvalue weighted by atomic mass is 16.5. The molecule has 2 heteroatoms. The number of allylic oxidation sites excluding steroid dienone is 1. The van der Waals surface area contributed by atoms with E-state index in [9.17, 15) is 0 Å². The van der Waals surface area contributed by atoms with Gasteiger partial charge in [-0.3, -0.25) is 4.99 Å². The van der Waals surface area contributed by atoms with Gasteiger partial charge in [-0.05, 0) is 19.4 Å². The van der Waals surface area contributed by atoms with Crippen molar-refractivity contribution < 1.29 is 4.74 Å². The van der Waals surface area contributed by atoms with Gasteiger partial charge in [0.1, 0.15) is 0 Å². The van der Waals surface area contributed by atoms with E-state index in [1.54, 1.807) is 7.11 Å². The third-order valence-corrected chi connectivity index (χ3v) is 1.01. The number of nitrogens with zero attached hydrogens (tertiary/aromatic N) is 1. The van der Waals surface area contributed by atoms with Gasteiger partial charge < -0.3 is 4.74 Å². The summed E-state index contributed by atoms with van der Waals surface area (Å²) in [6.07, 6.45) is 4.83. The van der Waals surface area contributed by atoms with Crippen LogP contribution in [-0.2, 0) is 4.74 Å². The topological polar surface area (TPSA) is 21.6 Å². The normalized spacial score (nSPS) is 12.5. The first kappa shape index (κ1) is 9.21. The van der Waals surface area contributed by atoms with Crippen LogP contribution in [0.25, 0.3) is 0 Å². The van der Waals surface area contributed by atoms with Gasteiger partial charge in [0, 0.05) is 6.54 Å². The van der Waals surface area contributed by atoms with Crippen LogP contribution in [0.5, 0.6) is 0 Å². The van der Waals surface area contributed by atoms with Crippen molar-refractivity contribution in [3.05, 3.63) is 12.2 Å². The standard InChI is InChI=1S/C8H15NO/c1-4-6-8(10-3)9-7-5-2/h4,6H,5,7H2,1-3H3/b6-4-,9-8?. The predicted molar refractivity (Wildman–Crippen MR) is 44.4 cm³/mol. The lowest BCUT2D eigenvalue weighted by Crippen LogP contribution is -1.97. The van der Waals surface area contributed by atoms with Crippen molar-refractivity contribution in [3.8, 4) is 0 Å². The molecule has 10 heavy (non-hydrogen) atoms. The van der Waals surface area contributed by atoms with E-state index in [4.69, 9.17) is 4.74 Å². The summed E-state index contributed by atoms with van der Waals surface area (Å²) in [5, 5.41) is 0. The van der Waals surface area contributed by atoms with Gasteiger partial charge in [-0.25, -0.2) is 0 Å². The zero-order valence-electron chi connectivity index (χ0n) is 6.92. The first-order valence-electron chi connectivity index (χ1n) is 3.56. The van der Waals surface area contributed by atoms with E-state index in [1.165, 1.54) is 0 Å². The minimum absolute atomic E-state index is 0.712. The third-order valence-electron chi connectivity index (χ3n) is 1.01. The molecule has 0 aliphatic heterocycles. The highest BCUT2D eigenvalue weighted by Gasteiger charge is 1.86. The smallest absolute Gasteiger partial charge is 0.207 e. The van der Waals surface area contributed by atoms with Crippen molar-refractivity contribution in [2.75, 3.05) is 13.7 Å². The molecule has 0 aliphatic rings. The van der Waals surface area contributed by atoms with Crippen LogP contribution >= 0.6 is 0 Å². The molecular weight excluding hydrogens is 126 g/mol. The summed E-state index contributed by atoms with van der Waals surface area (Å²) in [7, 11) is 1.63. The first-order chi connectivity index (χ1) is 4.85. The van der Waals surface area contributed by atoms with E-state index in [0.29, 0.717) is 5.90 Å². The Morgan fingerprint density at radius 2 is 2.30 bits per heavy atom. The summed E-state index contributed by atoms with van der Waals surface area (Å²) < 4.78 is 4.96. The lowest BCUT2D eigenvalue weighted by Gasteiger charge is -1.96. The molecule has 0 saturated heterocycles. The molecule has 0 aromatic heterocycles. The fourth-order valence-electron chi connectivity index (χ4n) is 0.550. The molecule has 0 radical (unpaired) electrons. The summed E-state index contributed by atoms with van der Waals surface area (Å²) >= 11 is 0. The molecule has 0 fully saturated rings. The van der Waals surface area contributed by atoms with Gasteiger partial charge in [-0.1, -0.05) is 13.0 Å². The van der Waals surface area contributed by atoms with Gasteiger partial charge in [-0.15, -0.1) is 0 Å². The van der Waals surface area contributed by atoms with Crippen molar-refractivity contribution in [3.63, 3.8) is 0 Å². The van der Waals surface area contributed by atoms with Crippen LogP contribution in [0.15, 0.2) is 17.1 Å². The quantitative estimate of drug-likeness (QED) is 0.435. The number of ether oxygens (including phenoxy) is 1. The predicted octanol–water partition coefficient (Wildman–Crippen LogP) is 2.02. The molecule has 0 heterocycles. The van der Waals surface area contributed by atoms with Crippen LogP contribution in [0.3, 0.4) is 0 Å². The minimum Gasteiger partial charge on any atom is -0.481 e. The molecule has 0 unspecified atom stereocenters. The van der Waals surface area contributed by atoms with Crippen molar-refractivity contribution in [1.29, 1.82) is 0 Å². The molecular formula is C8H15NO. The lowest BCUT2D eigenvalue weighted by molar-refractivity contribution is 0.404. The fraction of sp³-hybridized carbons (Fsp3) is 0.625. The Kier molecular flexibility index (Phi) is 5.83. The van der Waals surface area contributed by atoms with Gasteiger partial charge in [0.2, 0.25) is 5.90 Å². The monoisotopic (exact) mass is 141 g/mol. The molecule has 0 aromatic rings. The van der Waals surface area contributed by atoms with Gasteiger partial charge >= 0.3 is 0 Å². The van der Waals surface area contributed by atoms with Crippen LogP contribution in [0.2, 0.25) is 0 Å². The van der Waals surface area contributed by atoms with Crippen molar-refractivity contribution >= 4 is 5.90 Å². The molecule has 0 bridgehead atoms. The molecule has 2 nitrogen and oxygen atoms in total. The Balaban J connectivity index is 3.78. The Bertz CT molecular complexity index is 127. The fourth-order valence-corrected chi connectivity index (χ4v) is 0.550. The van der Waals surface area contributed by atoms with Crippen molar-refractivity contribution in [2.45, 2.75) is 20.3 Å². The van der Waals surface area contributed by atoms with E-state index in [2.05, 4.69) is 11.9 Å². The average molecular weight is 141 g/mol. The first-order valence-corrected chi connectivity index (χ1v) is 3.56. The number of hydrogen-bond donors (Lipinski definition) is 0. The molecule has 0 atom stereocenters. The lowest BCUT2D eigenvalue weighted by atomic mass is 10.5. The van der Waals surface area contributed by atoms with E-state index in [0.717, 1.165) is 13.0 Å². The molecule has 0 aliphatic carbocycles. The second kappa shape index (κ2) is 6.33. The van der Waals surface area contributed by atoms with Gasteiger partial charge in [0.05, 0.1) is 7.11 Å². The van der Waals surface area contributed by atoms with Crippen LogP contribution in [-0.4, -0.2) is 19.6 Å². The van der Waals surface area contributed by atoms with E-state index < -0.39 is 0 Å². The Morgan fingerprint density at radius 3 is 2.70 bits per heavy atom. The minimum atomic E-state index is 0.712. The van der Waals surface area contributed by atoms with Crippen LogP contribution < -0.4 is 0 Å². The van der Waals surface area contributed by atoms with Crippen LogP contribution in [0.4, 0.5) is 0 Å². The summed E-state index contributed by atoms with van der Waals surface area (Å²) in [4.78, 5) is 4.16. The van der Waals surface area contributed by atoms with Gasteiger partial charge in [0.15, 0.2) is 0 Å². The number of methoxy groups -OCH3 is 1. The summed E-state index contributed by atoms with van der Waals surface area (Å²) in [6.45, 7) is 4.88. The third kappa shape index (κ3) is 4.13. The number of rotatable bonds is 3. The second-order valence-corrected chi connectivity index (χ2v) is 1.92. The maximum Gasteiger partial charge on any atom is 0.207 e. The van der Waals surface area contributed by atoms with E-state index in [-0.39, 0.29) is 0 Å². The van der Waals surface area contributed by atoms with Gasteiger partial charge in [0.25, 0.3) is 0 Å². The van der Waals surface area contributed by atoms with Crippen LogP contribution in [0, 0.1) is 0 Å². The number of aliphatic imine (C=N–C) groups is 1. The van der Waals surface area contributed by atoms with Crippen molar-refractivity contribution in [1.82, 2.24) is 0 Å². The van der Waals surface area contributed by atoms with E-state index >= 15 is 0 Å². The molecule has 0 spiro atoms. The molecule has 0 amide bonds. The Morgan fingerprint density at radius 1 is 1.60 bits per heavy atom. The molecule has 0 saturated carbocycles. The summed E-state index contributed by atoms with van der Waals surface area (Å²) in [5.41, 5.74) is 0. The largest absolute Gasteiger partial charge is 0.481 e. The second-order valence-electron chi connectivity index (χ2n) is 1.92. The Labute approximate surface area is 62.6 Å². The Hall–Kier alpha value is -0.790. The highest BCUT2D eigenvalue weighted by molar-refractivity contribution is 5.87. The van der Waals surface area contributed by atoms with Gasteiger partial charge in [-0.2, -0.15) is 0 Å². The molecule has 0 N–H and O–H groups in total. The SMILES string of the molecule is C/C=C\C(=NCCC)OC. The van der Waals surface area contributed by atoms with Crippen LogP contribution in [0.1, 0.15) is 20.3 Å². The summed E-state index contributed by atoms with van der Waals surface area (Å²) in [6, 6.07) is 0. The molecule has 0 rings (SSSR count). The van der Waals surface area contributed by atoms with E-state index in [1.807, 2.05) is 19.1 Å². The summed E-state index contributed by atoms with van der Waals surface area (Å²) in [5.74, 6) is 0.712. The molecule has 58 valence electrons. The average Bonchev–Trinajstić information content (AvgIpc) is 1.98.